The van der Waals surface area contributed by atoms with Gasteiger partial charge < -0.3 is 36.3 Å². The number of anilines is 1. The molecular formula is C26H24N6O9S4. The molecule has 3 aromatic rings. The molecule has 2 aliphatic heterocycles. The molecule has 4 heterocycles. The van der Waals surface area contributed by atoms with E-state index in [1.54, 1.807) is 11.4 Å². The van der Waals surface area contributed by atoms with Crippen LogP contribution in [-0.2, 0) is 24.0 Å². The third-order valence-electron chi connectivity index (χ3n) is 6.52. The number of aliphatic carboxylic acids is 2. The van der Waals surface area contributed by atoms with E-state index < -0.39 is 46.5 Å². The molecule has 0 aliphatic carbocycles. The quantitative estimate of drug-likeness (QED) is 0.0556. The van der Waals surface area contributed by atoms with Crippen LogP contribution in [0.25, 0.3) is 11.3 Å². The molecule has 2 atom stereocenters. The van der Waals surface area contributed by atoms with E-state index in [9.17, 15) is 39.6 Å². The molecule has 2 aromatic heterocycles. The van der Waals surface area contributed by atoms with Crippen LogP contribution in [0.2, 0.25) is 0 Å². The van der Waals surface area contributed by atoms with Crippen molar-refractivity contribution in [3.8, 4) is 22.8 Å². The minimum atomic E-state index is -1.78. The van der Waals surface area contributed by atoms with E-state index in [1.165, 1.54) is 66.2 Å². The summed E-state index contributed by atoms with van der Waals surface area (Å²) in [5.74, 6) is -4.19. The summed E-state index contributed by atoms with van der Waals surface area (Å²) in [5.41, 5.74) is 5.01. The van der Waals surface area contributed by atoms with Gasteiger partial charge in [0.15, 0.2) is 26.7 Å². The molecule has 0 spiro atoms. The average molecular weight is 693 g/mol. The summed E-state index contributed by atoms with van der Waals surface area (Å²) >= 11 is 4.90. The Morgan fingerprint density at radius 1 is 1.18 bits per heavy atom. The van der Waals surface area contributed by atoms with Crippen molar-refractivity contribution >= 4 is 80.8 Å². The first-order valence-electron chi connectivity index (χ1n) is 12.8. The van der Waals surface area contributed by atoms with Crippen LogP contribution in [-0.4, -0.2) is 93.3 Å². The number of phenolic OH excluding ortho intramolecular Hbond substituents is 2. The van der Waals surface area contributed by atoms with Gasteiger partial charge in [0.1, 0.15) is 22.8 Å². The first-order chi connectivity index (χ1) is 21.3. The van der Waals surface area contributed by atoms with Crippen molar-refractivity contribution in [2.45, 2.75) is 35.2 Å². The van der Waals surface area contributed by atoms with Gasteiger partial charge in [0.25, 0.3) is 11.8 Å². The molecule has 45 heavy (non-hydrogen) atoms. The molecule has 1 saturated heterocycles. The maximum atomic E-state index is 13.3. The number of thiazole rings is 2. The van der Waals surface area contributed by atoms with Crippen molar-refractivity contribution in [1.29, 1.82) is 0 Å². The van der Waals surface area contributed by atoms with E-state index in [-0.39, 0.29) is 39.5 Å². The summed E-state index contributed by atoms with van der Waals surface area (Å²) in [6, 6.07) is 3.25. The van der Waals surface area contributed by atoms with Gasteiger partial charge in [-0.1, -0.05) is 16.9 Å². The highest BCUT2D eigenvalue weighted by atomic mass is 32.2. The number of β-lactam (4-membered cyclic amide) rings is 1. The molecule has 2 amide bonds. The summed E-state index contributed by atoms with van der Waals surface area (Å²) < 4.78 is 0.629. The van der Waals surface area contributed by atoms with E-state index >= 15 is 0 Å². The second kappa shape index (κ2) is 12.6. The van der Waals surface area contributed by atoms with Gasteiger partial charge in [0.05, 0.1) is 5.69 Å². The fourth-order valence-corrected chi connectivity index (χ4v) is 7.96. The number of hydrogen-bond acceptors (Lipinski definition) is 15. The molecule has 7 N–H and O–H groups in total. The smallest absolute Gasteiger partial charge is 0.352 e. The van der Waals surface area contributed by atoms with Crippen molar-refractivity contribution in [2.75, 3.05) is 17.2 Å². The number of amides is 2. The number of benzene rings is 1. The maximum absolute atomic E-state index is 13.3. The number of aromatic hydroxyl groups is 2. The Kier molecular flexibility index (Phi) is 8.97. The van der Waals surface area contributed by atoms with Crippen LogP contribution in [0.3, 0.4) is 0 Å². The Morgan fingerprint density at radius 2 is 1.93 bits per heavy atom. The lowest BCUT2D eigenvalue weighted by Gasteiger charge is -2.49. The number of nitrogens with two attached hydrogens (primary N) is 1. The Labute approximate surface area is 270 Å². The number of thioether (sulfide) groups is 2. The molecule has 1 fully saturated rings. The number of carbonyl (C=O) groups excluding carboxylic acids is 2. The van der Waals surface area contributed by atoms with Crippen LogP contribution in [0.15, 0.2) is 49.7 Å². The van der Waals surface area contributed by atoms with E-state index in [1.807, 2.05) is 0 Å². The van der Waals surface area contributed by atoms with Gasteiger partial charge in [-0.2, -0.15) is 0 Å². The van der Waals surface area contributed by atoms with Crippen molar-refractivity contribution in [1.82, 2.24) is 20.2 Å². The topological polar surface area (TPSA) is 238 Å². The number of phenols is 2. The summed E-state index contributed by atoms with van der Waals surface area (Å²) in [6.45, 7) is 2.47. The zero-order valence-corrected chi connectivity index (χ0v) is 26.6. The van der Waals surface area contributed by atoms with Crippen LogP contribution < -0.4 is 11.1 Å². The zero-order chi connectivity index (χ0) is 32.6. The van der Waals surface area contributed by atoms with Crippen LogP contribution in [0, 0.1) is 0 Å². The van der Waals surface area contributed by atoms with E-state index in [4.69, 9.17) is 10.6 Å². The lowest BCUT2D eigenvalue weighted by Crippen LogP contribution is -2.71. The minimum Gasteiger partial charge on any atom is -0.504 e. The molecule has 0 unspecified atom stereocenters. The van der Waals surface area contributed by atoms with Gasteiger partial charge in [-0.05, 0) is 37.6 Å². The van der Waals surface area contributed by atoms with Gasteiger partial charge in [-0.25, -0.2) is 19.6 Å². The highest BCUT2D eigenvalue weighted by molar-refractivity contribution is 8.01. The zero-order valence-electron chi connectivity index (χ0n) is 23.3. The van der Waals surface area contributed by atoms with E-state index in [2.05, 4.69) is 20.4 Å². The van der Waals surface area contributed by atoms with Crippen LogP contribution in [0.5, 0.6) is 11.5 Å². The first kappa shape index (κ1) is 32.1. The largest absolute Gasteiger partial charge is 0.504 e. The lowest BCUT2D eigenvalue weighted by atomic mass is 10.0. The molecule has 0 bridgehead atoms. The van der Waals surface area contributed by atoms with E-state index in [0.29, 0.717) is 21.2 Å². The van der Waals surface area contributed by atoms with Crippen LogP contribution >= 0.6 is 46.2 Å². The highest BCUT2D eigenvalue weighted by Gasteiger charge is 2.54. The van der Waals surface area contributed by atoms with Gasteiger partial charge in [0.2, 0.25) is 5.60 Å². The number of rotatable bonds is 11. The molecule has 1 aromatic carbocycles. The minimum absolute atomic E-state index is 0.00843. The number of oxime groups is 1. The number of carboxylic acids is 2. The molecule has 15 nitrogen and oxygen atoms in total. The average Bonchev–Trinajstić information content (AvgIpc) is 3.64. The third-order valence-corrected chi connectivity index (χ3v) is 10.6. The summed E-state index contributed by atoms with van der Waals surface area (Å²) in [4.78, 5) is 65.0. The predicted octanol–water partition coefficient (Wildman–Crippen LogP) is 2.37. The molecule has 19 heteroatoms. The number of nitrogens with one attached hydrogen (secondary N) is 1. The first-order valence-corrected chi connectivity index (χ1v) is 16.6. The SMILES string of the molecule is CC(C)(ON=C(C(=O)N[C@@H]1C(=O)N2C(C(=O)O)=C(CSc3nc(-c4ccc(O)c(O)c4)cs3)CS[C@@H]12)c1csc(N)n1)C(=O)O. The molecule has 5 rings (SSSR count). The fourth-order valence-electron chi connectivity index (χ4n) is 4.09. The number of nitrogens with zero attached hydrogens (tertiary/aromatic N) is 4. The fraction of sp³-hybridized carbons (Fsp3) is 0.269. The molecular weight excluding hydrogens is 669 g/mol. The molecule has 0 saturated carbocycles. The van der Waals surface area contributed by atoms with Crippen molar-refractivity contribution < 1.29 is 44.4 Å². The predicted molar refractivity (Wildman–Crippen MR) is 167 cm³/mol. The van der Waals surface area contributed by atoms with Gasteiger partial charge in [-0.3, -0.25) is 14.5 Å². The summed E-state index contributed by atoms with van der Waals surface area (Å²) in [5, 5.41) is 47.5. The number of hydrogen-bond donors (Lipinski definition) is 6. The molecule has 0 radical (unpaired) electrons. The normalized spacial score (nSPS) is 18.3. The Balaban J connectivity index is 1.29. The van der Waals surface area contributed by atoms with Gasteiger partial charge >= 0.3 is 11.9 Å². The Morgan fingerprint density at radius 3 is 2.58 bits per heavy atom. The number of aromatic nitrogens is 2. The number of fused-ring (bicyclic) bond motifs is 1. The number of nitrogen functional groups attached to an aromatic ring is 1. The molecule has 236 valence electrons. The van der Waals surface area contributed by atoms with Gasteiger partial charge in [-0.15, -0.1) is 34.4 Å². The number of carbonyl (C=O) groups is 4. The number of carboxylic acid groups (broad SMARTS) is 2. The third kappa shape index (κ3) is 6.56. The second-order valence-electron chi connectivity index (χ2n) is 10.0. The maximum Gasteiger partial charge on any atom is 0.352 e. The standard InChI is InChI=1S/C26H24N6O9S4/c1-26(2,23(39)40)41-31-16(13-9-43-24(27)28-13)19(35)30-17-20(36)32-18(22(37)38)11(6-42-21(17)32)7-44-25-29-12(8-45-25)10-3-4-14(33)15(34)5-10/h3-5,8-9,17,21,33-34H,6-7H2,1-2H3,(H2,27,28)(H,30,35)(H,37,38)(H,39,40)/t17-,21+/m1/s1. The Hall–Kier alpha value is -4.33. The molecule has 2 aliphatic rings. The van der Waals surface area contributed by atoms with Gasteiger partial charge in [0, 0.05) is 27.8 Å². The van der Waals surface area contributed by atoms with Crippen molar-refractivity contribution in [3.05, 3.63) is 45.9 Å². The van der Waals surface area contributed by atoms with Crippen molar-refractivity contribution in [3.63, 3.8) is 0 Å². The van der Waals surface area contributed by atoms with Crippen LogP contribution in [0.1, 0.15) is 19.5 Å². The van der Waals surface area contributed by atoms with E-state index in [0.717, 1.165) is 16.2 Å². The second-order valence-corrected chi connectivity index (χ2v) is 14.1. The summed E-state index contributed by atoms with van der Waals surface area (Å²) in [7, 11) is 0. The van der Waals surface area contributed by atoms with Crippen molar-refractivity contribution in [2.24, 2.45) is 5.16 Å². The highest BCUT2D eigenvalue weighted by Crippen LogP contribution is 2.42. The Bertz CT molecular complexity index is 1770. The lowest BCUT2D eigenvalue weighted by molar-refractivity contribution is -0.161. The summed E-state index contributed by atoms with van der Waals surface area (Å²) in [6.07, 6.45) is 0. The van der Waals surface area contributed by atoms with Crippen LogP contribution in [0.4, 0.5) is 5.13 Å². The monoisotopic (exact) mass is 692 g/mol.